The largest absolute Gasteiger partial charge is 0.493 e. The maximum absolute atomic E-state index is 13.3. The van der Waals surface area contributed by atoms with Gasteiger partial charge in [0.2, 0.25) is 0 Å². The van der Waals surface area contributed by atoms with Gasteiger partial charge in [-0.1, -0.05) is 31.2 Å². The summed E-state index contributed by atoms with van der Waals surface area (Å²) in [6.45, 7) is 1.95. The lowest BCUT2D eigenvalue weighted by molar-refractivity contribution is 0.355. The topological polar surface area (TPSA) is 96.0 Å². The number of nitrogens with zero attached hydrogens (tertiary/aromatic N) is 1. The van der Waals surface area contributed by atoms with Gasteiger partial charge < -0.3 is 18.9 Å². The first-order valence-corrected chi connectivity index (χ1v) is 14.1. The summed E-state index contributed by atoms with van der Waals surface area (Å²) in [5.41, 5.74) is 1.93. The fraction of sp³-hybridized carbons (Fsp3) is 0.129. The molecule has 8 nitrogen and oxygen atoms in total. The first-order valence-electron chi connectivity index (χ1n) is 12.6. The third kappa shape index (κ3) is 5.79. The van der Waals surface area contributed by atoms with Crippen LogP contribution >= 0.6 is 0 Å². The number of nitrogens with one attached hydrogen (secondary N) is 1. The number of fused-ring (bicyclic) bond motifs is 1. The van der Waals surface area contributed by atoms with Crippen molar-refractivity contribution in [2.75, 3.05) is 18.9 Å². The first kappa shape index (κ1) is 26.8. The quantitative estimate of drug-likeness (QED) is 0.194. The molecule has 5 aromatic rings. The Bertz CT molecular complexity index is 1760. The standard InChI is InChI=1S/C31H28N2O6S/c1-4-21-17-24(39-29-15-16-32-28-20-31(37-3)30(36-2)19-26(28)29)13-14-27(21)33-40(34,35)25-12-8-11-23(18-25)38-22-9-6-5-7-10-22/h5-20,33H,4H2,1-3H3. The van der Waals surface area contributed by atoms with Crippen molar-refractivity contribution in [3.8, 4) is 34.5 Å². The molecule has 0 saturated carbocycles. The Balaban J connectivity index is 1.39. The summed E-state index contributed by atoms with van der Waals surface area (Å²) >= 11 is 0. The predicted molar refractivity (Wildman–Crippen MR) is 155 cm³/mol. The maximum atomic E-state index is 13.3. The number of hydrogen-bond acceptors (Lipinski definition) is 7. The summed E-state index contributed by atoms with van der Waals surface area (Å²) in [7, 11) is -0.740. The fourth-order valence-electron chi connectivity index (χ4n) is 4.22. The minimum absolute atomic E-state index is 0.0935. The number of hydrogen-bond donors (Lipinski definition) is 1. The Hall–Kier alpha value is -4.76. The molecule has 1 aromatic heterocycles. The zero-order chi connectivity index (χ0) is 28.1. The van der Waals surface area contributed by atoms with E-state index < -0.39 is 10.0 Å². The second kappa shape index (κ2) is 11.5. The Labute approximate surface area is 233 Å². The van der Waals surface area contributed by atoms with E-state index in [0.29, 0.717) is 52.1 Å². The minimum atomic E-state index is -3.88. The number of benzene rings is 4. The monoisotopic (exact) mass is 556 g/mol. The van der Waals surface area contributed by atoms with Crippen LogP contribution < -0.4 is 23.7 Å². The van der Waals surface area contributed by atoms with Gasteiger partial charge in [0.05, 0.1) is 30.3 Å². The van der Waals surface area contributed by atoms with Crippen LogP contribution in [0, 0.1) is 0 Å². The number of anilines is 1. The summed E-state index contributed by atoms with van der Waals surface area (Å²) < 4.78 is 52.1. The molecule has 0 atom stereocenters. The molecule has 40 heavy (non-hydrogen) atoms. The summed E-state index contributed by atoms with van der Waals surface area (Å²) in [5, 5.41) is 0.751. The summed E-state index contributed by atoms with van der Waals surface area (Å²) in [6.07, 6.45) is 2.23. The highest BCUT2D eigenvalue weighted by Gasteiger charge is 2.18. The summed E-state index contributed by atoms with van der Waals surface area (Å²) in [4.78, 5) is 4.51. The van der Waals surface area contributed by atoms with Gasteiger partial charge in [-0.05, 0) is 66.6 Å². The molecule has 0 bridgehead atoms. The van der Waals surface area contributed by atoms with Gasteiger partial charge >= 0.3 is 0 Å². The summed E-state index contributed by atoms with van der Waals surface area (Å²) in [6, 6.07) is 26.2. The number of rotatable bonds is 10. The third-order valence-corrected chi connectivity index (χ3v) is 7.59. The van der Waals surface area contributed by atoms with Crippen LogP contribution in [0.1, 0.15) is 12.5 Å². The average Bonchev–Trinajstić information content (AvgIpc) is 2.98. The second-order valence-electron chi connectivity index (χ2n) is 8.80. The van der Waals surface area contributed by atoms with Crippen LogP contribution in [0.3, 0.4) is 0 Å². The SMILES string of the molecule is CCc1cc(Oc2ccnc3cc(OC)c(OC)cc23)ccc1NS(=O)(=O)c1cccc(Oc2ccccc2)c1. The van der Waals surface area contributed by atoms with E-state index in [4.69, 9.17) is 18.9 Å². The molecule has 0 aliphatic rings. The second-order valence-corrected chi connectivity index (χ2v) is 10.5. The Morgan fingerprint density at radius 1 is 0.725 bits per heavy atom. The zero-order valence-corrected chi connectivity index (χ0v) is 23.1. The molecule has 5 rings (SSSR count). The smallest absolute Gasteiger partial charge is 0.262 e. The minimum Gasteiger partial charge on any atom is -0.493 e. The molecule has 0 aliphatic heterocycles. The number of sulfonamides is 1. The lowest BCUT2D eigenvalue weighted by atomic mass is 10.1. The van der Waals surface area contributed by atoms with Crippen molar-refractivity contribution in [1.82, 2.24) is 4.98 Å². The van der Waals surface area contributed by atoms with E-state index in [-0.39, 0.29) is 4.90 Å². The van der Waals surface area contributed by atoms with Gasteiger partial charge in [-0.25, -0.2) is 8.42 Å². The van der Waals surface area contributed by atoms with Gasteiger partial charge in [-0.15, -0.1) is 0 Å². The van der Waals surface area contributed by atoms with Crippen molar-refractivity contribution in [3.63, 3.8) is 0 Å². The van der Waals surface area contributed by atoms with Gasteiger partial charge in [0.15, 0.2) is 11.5 Å². The molecule has 0 unspecified atom stereocenters. The molecule has 0 radical (unpaired) electrons. The number of para-hydroxylation sites is 1. The van der Waals surface area contributed by atoms with Gasteiger partial charge in [0.1, 0.15) is 23.0 Å². The van der Waals surface area contributed by atoms with Crippen molar-refractivity contribution >= 4 is 26.6 Å². The Morgan fingerprint density at radius 3 is 2.20 bits per heavy atom. The fourth-order valence-corrected chi connectivity index (χ4v) is 5.36. The highest BCUT2D eigenvalue weighted by Crippen LogP contribution is 2.37. The highest BCUT2D eigenvalue weighted by atomic mass is 32.2. The molecular weight excluding hydrogens is 528 g/mol. The molecule has 4 aromatic carbocycles. The third-order valence-electron chi connectivity index (χ3n) is 6.23. The molecular formula is C31H28N2O6S. The van der Waals surface area contributed by atoms with Crippen LogP contribution in [0.2, 0.25) is 0 Å². The van der Waals surface area contributed by atoms with Crippen LogP contribution in [0.5, 0.6) is 34.5 Å². The molecule has 0 aliphatic carbocycles. The molecule has 1 N–H and O–H groups in total. The number of methoxy groups -OCH3 is 2. The van der Waals surface area contributed by atoms with Crippen LogP contribution in [0.4, 0.5) is 5.69 Å². The molecule has 0 fully saturated rings. The van der Waals surface area contributed by atoms with E-state index in [1.807, 2.05) is 37.3 Å². The van der Waals surface area contributed by atoms with E-state index in [1.54, 1.807) is 68.9 Å². The molecule has 9 heteroatoms. The van der Waals surface area contributed by atoms with Gasteiger partial charge in [0, 0.05) is 23.7 Å². The first-order chi connectivity index (χ1) is 19.4. The normalized spacial score (nSPS) is 11.2. The van der Waals surface area contributed by atoms with Crippen molar-refractivity contribution in [2.24, 2.45) is 0 Å². The molecule has 1 heterocycles. The molecule has 0 saturated heterocycles. The number of aromatic nitrogens is 1. The number of pyridine rings is 1. The van der Waals surface area contributed by atoms with E-state index in [2.05, 4.69) is 9.71 Å². The van der Waals surface area contributed by atoms with Crippen LogP contribution in [-0.2, 0) is 16.4 Å². The van der Waals surface area contributed by atoms with Crippen LogP contribution in [0.15, 0.2) is 102 Å². The molecule has 0 amide bonds. The number of ether oxygens (including phenoxy) is 4. The van der Waals surface area contributed by atoms with E-state index >= 15 is 0 Å². The van der Waals surface area contributed by atoms with Crippen molar-refractivity contribution in [3.05, 3.63) is 103 Å². The van der Waals surface area contributed by atoms with Crippen molar-refractivity contribution in [1.29, 1.82) is 0 Å². The van der Waals surface area contributed by atoms with Crippen LogP contribution in [-0.4, -0.2) is 27.6 Å². The Kier molecular flexibility index (Phi) is 7.75. The van der Waals surface area contributed by atoms with Gasteiger partial charge in [-0.3, -0.25) is 9.71 Å². The Morgan fingerprint density at radius 2 is 1.45 bits per heavy atom. The predicted octanol–water partition coefficient (Wildman–Crippen LogP) is 7.20. The van der Waals surface area contributed by atoms with Crippen molar-refractivity contribution < 1.29 is 27.4 Å². The molecule has 0 spiro atoms. The highest BCUT2D eigenvalue weighted by molar-refractivity contribution is 7.92. The van der Waals surface area contributed by atoms with E-state index in [1.165, 1.54) is 12.1 Å². The van der Waals surface area contributed by atoms with Gasteiger partial charge in [-0.2, -0.15) is 0 Å². The number of aryl methyl sites for hydroxylation is 1. The van der Waals surface area contributed by atoms with E-state index in [0.717, 1.165) is 10.9 Å². The summed E-state index contributed by atoms with van der Waals surface area (Å²) in [5.74, 6) is 3.31. The van der Waals surface area contributed by atoms with Gasteiger partial charge in [0.25, 0.3) is 10.0 Å². The average molecular weight is 557 g/mol. The van der Waals surface area contributed by atoms with Crippen molar-refractivity contribution in [2.45, 2.75) is 18.2 Å². The lowest BCUT2D eigenvalue weighted by Gasteiger charge is -2.15. The zero-order valence-electron chi connectivity index (χ0n) is 22.2. The molecule has 204 valence electrons. The lowest BCUT2D eigenvalue weighted by Crippen LogP contribution is -2.14. The van der Waals surface area contributed by atoms with Crippen LogP contribution in [0.25, 0.3) is 10.9 Å². The van der Waals surface area contributed by atoms with E-state index in [9.17, 15) is 8.42 Å². The maximum Gasteiger partial charge on any atom is 0.262 e.